The van der Waals surface area contributed by atoms with E-state index < -0.39 is 0 Å². The number of nitrogens with one attached hydrogen (secondary N) is 3. The zero-order valence-electron chi connectivity index (χ0n) is 21.0. The molecule has 0 fully saturated rings. The van der Waals surface area contributed by atoms with Crippen molar-refractivity contribution < 1.29 is 9.47 Å². The minimum atomic E-state index is 0.486. The highest BCUT2D eigenvalue weighted by atomic mass is 16.5. The lowest BCUT2D eigenvalue weighted by Crippen LogP contribution is -2.27. The van der Waals surface area contributed by atoms with E-state index in [1.807, 2.05) is 54.7 Å². The fourth-order valence-electron chi connectivity index (χ4n) is 3.81. The second-order valence-corrected chi connectivity index (χ2v) is 8.13. The van der Waals surface area contributed by atoms with Crippen molar-refractivity contribution in [1.29, 1.82) is 0 Å². The van der Waals surface area contributed by atoms with Crippen LogP contribution in [-0.4, -0.2) is 58.4 Å². The number of benzene rings is 2. The number of nitrogens with zero attached hydrogens (tertiary/aromatic N) is 4. The maximum Gasteiger partial charge on any atom is 0.229 e. The second-order valence-electron chi connectivity index (χ2n) is 8.13. The Kier molecular flexibility index (Phi) is 8.72. The summed E-state index contributed by atoms with van der Waals surface area (Å²) in [5.74, 6) is 2.83. The van der Waals surface area contributed by atoms with Gasteiger partial charge in [0.2, 0.25) is 5.95 Å². The molecule has 0 aliphatic rings. The van der Waals surface area contributed by atoms with Crippen molar-refractivity contribution >= 4 is 17.5 Å². The summed E-state index contributed by atoms with van der Waals surface area (Å²) < 4.78 is 11.4. The minimum absolute atomic E-state index is 0.486. The number of rotatable bonds is 13. The Bertz CT molecular complexity index is 1210. The molecule has 0 aliphatic heterocycles. The standard InChI is InChI=1S/C27H33N7O2/c1-4-34(5-2)14-15-36-23-12-10-22(11-13-23)32-27-29-19-24(21-17-30-31-18-21)26(33-27)28-16-20-8-6-7-9-25(20)35-3/h6-13,17-19H,4-5,14-16H2,1-3H3,(H,30,31)(H2,28,29,32,33). The van der Waals surface area contributed by atoms with Crippen molar-refractivity contribution in [2.24, 2.45) is 0 Å². The first-order valence-electron chi connectivity index (χ1n) is 12.1. The van der Waals surface area contributed by atoms with Gasteiger partial charge in [-0.2, -0.15) is 10.1 Å². The largest absolute Gasteiger partial charge is 0.496 e. The van der Waals surface area contributed by atoms with E-state index in [1.165, 1.54) is 0 Å². The van der Waals surface area contributed by atoms with E-state index in [1.54, 1.807) is 19.5 Å². The molecule has 2 aromatic heterocycles. The van der Waals surface area contributed by atoms with Crippen molar-refractivity contribution in [3.05, 3.63) is 72.7 Å². The van der Waals surface area contributed by atoms with Crippen LogP contribution in [0.3, 0.4) is 0 Å². The first-order chi connectivity index (χ1) is 17.7. The number of hydrogen-bond donors (Lipinski definition) is 3. The Morgan fingerprint density at radius 3 is 2.53 bits per heavy atom. The number of aromatic amines is 1. The third-order valence-electron chi connectivity index (χ3n) is 5.92. The van der Waals surface area contributed by atoms with E-state index in [-0.39, 0.29) is 0 Å². The number of likely N-dealkylation sites (N-methyl/N-ethyl adjacent to an activating group) is 1. The molecule has 0 saturated heterocycles. The zero-order chi connectivity index (χ0) is 25.2. The molecule has 0 amide bonds. The lowest BCUT2D eigenvalue weighted by molar-refractivity contribution is 0.223. The average molecular weight is 488 g/mol. The predicted octanol–water partition coefficient (Wildman–Crippen LogP) is 4.95. The monoisotopic (exact) mass is 487 g/mol. The molecule has 0 spiro atoms. The summed E-state index contributed by atoms with van der Waals surface area (Å²) in [6.07, 6.45) is 5.35. The summed E-state index contributed by atoms with van der Waals surface area (Å²) in [5, 5.41) is 13.6. The van der Waals surface area contributed by atoms with Crippen LogP contribution < -0.4 is 20.1 Å². The van der Waals surface area contributed by atoms with E-state index in [2.05, 4.69) is 44.6 Å². The molecule has 36 heavy (non-hydrogen) atoms. The van der Waals surface area contributed by atoms with Crippen molar-refractivity contribution in [2.45, 2.75) is 20.4 Å². The number of aromatic nitrogens is 4. The van der Waals surface area contributed by atoms with Crippen LogP contribution in [0.4, 0.5) is 17.5 Å². The molecule has 0 atom stereocenters. The Morgan fingerprint density at radius 1 is 1.00 bits per heavy atom. The molecule has 3 N–H and O–H groups in total. The summed E-state index contributed by atoms with van der Waals surface area (Å²) in [6, 6.07) is 15.7. The summed E-state index contributed by atoms with van der Waals surface area (Å²) in [6.45, 7) is 8.49. The molecule has 0 unspecified atom stereocenters. The second kappa shape index (κ2) is 12.6. The first kappa shape index (κ1) is 25.0. The molecule has 0 radical (unpaired) electrons. The van der Waals surface area contributed by atoms with Gasteiger partial charge in [0.05, 0.1) is 13.3 Å². The van der Waals surface area contributed by atoms with Gasteiger partial charge in [-0.15, -0.1) is 0 Å². The smallest absolute Gasteiger partial charge is 0.229 e. The Balaban J connectivity index is 1.46. The maximum atomic E-state index is 5.88. The van der Waals surface area contributed by atoms with E-state index in [4.69, 9.17) is 14.5 Å². The molecule has 2 aromatic carbocycles. The van der Waals surface area contributed by atoms with E-state index >= 15 is 0 Å². The van der Waals surface area contributed by atoms with Gasteiger partial charge in [0, 0.05) is 47.9 Å². The fourth-order valence-corrected chi connectivity index (χ4v) is 3.81. The van der Waals surface area contributed by atoms with Crippen LogP contribution in [0, 0.1) is 0 Å². The number of para-hydroxylation sites is 1. The Hall–Kier alpha value is -4.11. The van der Waals surface area contributed by atoms with Crippen LogP contribution in [-0.2, 0) is 6.54 Å². The van der Waals surface area contributed by atoms with Crippen LogP contribution in [0.5, 0.6) is 11.5 Å². The average Bonchev–Trinajstić information content (AvgIpc) is 3.46. The van der Waals surface area contributed by atoms with E-state index in [0.717, 1.165) is 53.5 Å². The van der Waals surface area contributed by atoms with Gasteiger partial charge in [0.15, 0.2) is 0 Å². The molecule has 0 bridgehead atoms. The topological polar surface area (TPSA) is 100 Å². The van der Waals surface area contributed by atoms with Gasteiger partial charge in [-0.25, -0.2) is 4.98 Å². The highest BCUT2D eigenvalue weighted by Crippen LogP contribution is 2.28. The SMILES string of the molecule is CCN(CC)CCOc1ccc(Nc2ncc(-c3cn[nH]c3)c(NCc3ccccc3OC)n2)cc1. The van der Waals surface area contributed by atoms with Gasteiger partial charge in [0.1, 0.15) is 23.9 Å². The first-order valence-corrected chi connectivity index (χ1v) is 12.1. The number of anilines is 3. The molecule has 188 valence electrons. The quantitative estimate of drug-likeness (QED) is 0.244. The molecule has 0 aliphatic carbocycles. The van der Waals surface area contributed by atoms with Crippen LogP contribution >= 0.6 is 0 Å². The highest BCUT2D eigenvalue weighted by molar-refractivity contribution is 5.75. The number of H-pyrrole nitrogens is 1. The molecule has 2 heterocycles. The van der Waals surface area contributed by atoms with Gasteiger partial charge in [0.25, 0.3) is 0 Å². The molecule has 4 rings (SSSR count). The normalized spacial score (nSPS) is 10.9. The van der Waals surface area contributed by atoms with Crippen molar-refractivity contribution in [2.75, 3.05) is 44.0 Å². The van der Waals surface area contributed by atoms with Crippen LogP contribution in [0.1, 0.15) is 19.4 Å². The van der Waals surface area contributed by atoms with Gasteiger partial charge in [-0.1, -0.05) is 32.0 Å². The lowest BCUT2D eigenvalue weighted by Gasteiger charge is -2.18. The van der Waals surface area contributed by atoms with Crippen LogP contribution in [0.15, 0.2) is 67.1 Å². The summed E-state index contributed by atoms with van der Waals surface area (Å²) >= 11 is 0. The van der Waals surface area contributed by atoms with Gasteiger partial charge in [-0.3, -0.25) is 5.10 Å². The lowest BCUT2D eigenvalue weighted by atomic mass is 10.1. The third-order valence-corrected chi connectivity index (χ3v) is 5.92. The van der Waals surface area contributed by atoms with Crippen LogP contribution in [0.25, 0.3) is 11.1 Å². The van der Waals surface area contributed by atoms with E-state index in [0.29, 0.717) is 24.9 Å². The van der Waals surface area contributed by atoms with E-state index in [9.17, 15) is 0 Å². The van der Waals surface area contributed by atoms with Crippen LogP contribution in [0.2, 0.25) is 0 Å². The molecule has 4 aromatic rings. The maximum absolute atomic E-state index is 5.88. The number of ether oxygens (including phenoxy) is 2. The molecular weight excluding hydrogens is 454 g/mol. The van der Waals surface area contributed by atoms with Crippen molar-refractivity contribution in [1.82, 2.24) is 25.1 Å². The number of hydrogen-bond acceptors (Lipinski definition) is 8. The molecule has 9 nitrogen and oxygen atoms in total. The molecular formula is C27H33N7O2. The fraction of sp³-hybridized carbons (Fsp3) is 0.296. The Morgan fingerprint density at radius 2 is 1.81 bits per heavy atom. The van der Waals surface area contributed by atoms with Gasteiger partial charge >= 0.3 is 0 Å². The van der Waals surface area contributed by atoms with Crippen molar-refractivity contribution in [3.63, 3.8) is 0 Å². The van der Waals surface area contributed by atoms with Crippen molar-refractivity contribution in [3.8, 4) is 22.6 Å². The summed E-state index contributed by atoms with van der Waals surface area (Å²) in [5.41, 5.74) is 3.65. The summed E-state index contributed by atoms with van der Waals surface area (Å²) in [7, 11) is 1.67. The third kappa shape index (κ3) is 6.51. The predicted molar refractivity (Wildman–Crippen MR) is 143 cm³/mol. The minimum Gasteiger partial charge on any atom is -0.496 e. The number of methoxy groups -OCH3 is 1. The van der Waals surface area contributed by atoms with Gasteiger partial charge in [-0.05, 0) is 43.4 Å². The highest BCUT2D eigenvalue weighted by Gasteiger charge is 2.12. The summed E-state index contributed by atoms with van der Waals surface area (Å²) in [4.78, 5) is 11.6. The van der Waals surface area contributed by atoms with Gasteiger partial charge < -0.3 is 25.0 Å². The zero-order valence-corrected chi connectivity index (χ0v) is 21.0. The molecule has 0 saturated carbocycles. The Labute approximate surface area is 211 Å². The molecule has 9 heteroatoms.